The number of halogens is 1. The first-order valence-electron chi connectivity index (χ1n) is 8.05. The van der Waals surface area contributed by atoms with Gasteiger partial charge in [0, 0.05) is 23.8 Å². The van der Waals surface area contributed by atoms with Crippen LogP contribution in [0, 0.1) is 6.92 Å². The largest absolute Gasteiger partial charge is 0.452 e. The van der Waals surface area contributed by atoms with Crippen molar-refractivity contribution < 1.29 is 14.3 Å². The number of benzene rings is 1. The van der Waals surface area contributed by atoms with Gasteiger partial charge in [-0.3, -0.25) is 9.59 Å². The van der Waals surface area contributed by atoms with Crippen LogP contribution in [0.1, 0.15) is 25.3 Å². The SMILES string of the molecule is Cc1c(Cl)cccc1NC(=O)[C@@H](C)OC(=O)CSC(=S)N1CCCC1. The van der Waals surface area contributed by atoms with E-state index < -0.39 is 18.0 Å². The number of hydrogen-bond donors (Lipinski definition) is 1. The second-order valence-corrected chi connectivity index (χ2v) is 7.80. The van der Waals surface area contributed by atoms with Crippen molar-refractivity contribution in [3.63, 3.8) is 0 Å². The fourth-order valence-electron chi connectivity index (χ4n) is 2.37. The molecule has 0 spiro atoms. The number of ether oxygens (including phenoxy) is 1. The zero-order valence-corrected chi connectivity index (χ0v) is 16.6. The number of carbonyl (C=O) groups excluding carboxylic acids is 2. The highest BCUT2D eigenvalue weighted by atomic mass is 35.5. The zero-order chi connectivity index (χ0) is 18.4. The van der Waals surface area contributed by atoms with Crippen LogP contribution in [-0.2, 0) is 14.3 Å². The molecule has 8 heteroatoms. The predicted octanol–water partition coefficient (Wildman–Crippen LogP) is 3.63. The number of anilines is 1. The zero-order valence-electron chi connectivity index (χ0n) is 14.2. The second kappa shape index (κ2) is 9.40. The molecule has 0 saturated carbocycles. The fourth-order valence-corrected chi connectivity index (χ4v) is 3.58. The van der Waals surface area contributed by atoms with E-state index in [4.69, 9.17) is 28.6 Å². The molecule has 1 N–H and O–H groups in total. The van der Waals surface area contributed by atoms with Gasteiger partial charge in [0.25, 0.3) is 5.91 Å². The number of amides is 1. The van der Waals surface area contributed by atoms with Crippen molar-refractivity contribution in [1.29, 1.82) is 0 Å². The molecule has 0 radical (unpaired) electrons. The third kappa shape index (κ3) is 5.87. The van der Waals surface area contributed by atoms with Crippen LogP contribution in [0.15, 0.2) is 18.2 Å². The Hall–Kier alpha value is -1.31. The minimum atomic E-state index is -0.896. The molecular formula is C17H21ClN2O3S2. The number of rotatable bonds is 5. The summed E-state index contributed by atoms with van der Waals surface area (Å²) in [5.41, 5.74) is 1.37. The molecule has 0 aliphatic carbocycles. The van der Waals surface area contributed by atoms with Crippen molar-refractivity contribution in [1.82, 2.24) is 4.90 Å². The van der Waals surface area contributed by atoms with E-state index in [9.17, 15) is 9.59 Å². The number of carbonyl (C=O) groups is 2. The summed E-state index contributed by atoms with van der Waals surface area (Å²) in [5, 5.41) is 3.29. The smallest absolute Gasteiger partial charge is 0.317 e. The number of thiocarbonyl (C=S) groups is 1. The van der Waals surface area contributed by atoms with Gasteiger partial charge < -0.3 is 15.0 Å². The summed E-state index contributed by atoms with van der Waals surface area (Å²) >= 11 is 12.6. The van der Waals surface area contributed by atoms with Gasteiger partial charge >= 0.3 is 5.97 Å². The van der Waals surface area contributed by atoms with E-state index in [2.05, 4.69) is 10.2 Å². The third-order valence-electron chi connectivity index (χ3n) is 3.88. The van der Waals surface area contributed by atoms with Crippen molar-refractivity contribution in [2.75, 3.05) is 24.2 Å². The first-order chi connectivity index (χ1) is 11.9. The van der Waals surface area contributed by atoms with Crippen LogP contribution in [0.25, 0.3) is 0 Å². The lowest BCUT2D eigenvalue weighted by molar-refractivity contribution is -0.150. The summed E-state index contributed by atoms with van der Waals surface area (Å²) in [4.78, 5) is 26.2. The Kier molecular flexibility index (Phi) is 7.53. The Bertz CT molecular complexity index is 663. The Morgan fingerprint density at radius 3 is 2.76 bits per heavy atom. The molecule has 1 amide bonds. The maximum absolute atomic E-state index is 12.2. The molecule has 1 heterocycles. The van der Waals surface area contributed by atoms with Gasteiger partial charge in [0.1, 0.15) is 4.32 Å². The van der Waals surface area contributed by atoms with Gasteiger partial charge in [-0.05, 0) is 44.4 Å². The van der Waals surface area contributed by atoms with E-state index in [1.165, 1.54) is 18.7 Å². The number of thioether (sulfide) groups is 1. The van der Waals surface area contributed by atoms with Crippen molar-refractivity contribution >= 4 is 57.5 Å². The molecule has 1 saturated heterocycles. The Morgan fingerprint density at radius 2 is 2.08 bits per heavy atom. The van der Waals surface area contributed by atoms with Crippen LogP contribution in [0.5, 0.6) is 0 Å². The van der Waals surface area contributed by atoms with Crippen LogP contribution < -0.4 is 5.32 Å². The normalized spacial score (nSPS) is 14.9. The number of hydrogen-bond acceptors (Lipinski definition) is 5. The van der Waals surface area contributed by atoms with E-state index in [1.54, 1.807) is 18.2 Å². The lowest BCUT2D eigenvalue weighted by Crippen LogP contribution is -2.31. The van der Waals surface area contributed by atoms with E-state index in [0.29, 0.717) is 15.0 Å². The molecule has 1 atom stereocenters. The lowest BCUT2D eigenvalue weighted by atomic mass is 10.2. The van der Waals surface area contributed by atoms with Crippen molar-refractivity contribution in [2.45, 2.75) is 32.8 Å². The van der Waals surface area contributed by atoms with Gasteiger partial charge in [0.2, 0.25) is 0 Å². The molecule has 136 valence electrons. The van der Waals surface area contributed by atoms with Crippen molar-refractivity contribution in [3.05, 3.63) is 28.8 Å². The van der Waals surface area contributed by atoms with E-state index in [1.807, 2.05) is 6.92 Å². The third-order valence-corrected chi connectivity index (χ3v) is 5.79. The van der Waals surface area contributed by atoms with E-state index in [0.717, 1.165) is 31.5 Å². The van der Waals surface area contributed by atoms with Crippen LogP contribution >= 0.6 is 35.6 Å². The van der Waals surface area contributed by atoms with Gasteiger partial charge in [0.15, 0.2) is 6.10 Å². The summed E-state index contributed by atoms with van der Waals surface area (Å²) in [7, 11) is 0. The molecule has 1 aliphatic rings. The Balaban J connectivity index is 1.78. The molecule has 1 fully saturated rings. The molecule has 1 aromatic rings. The average molecular weight is 401 g/mol. The average Bonchev–Trinajstić information content (AvgIpc) is 3.11. The van der Waals surface area contributed by atoms with Crippen LogP contribution in [0.2, 0.25) is 5.02 Å². The maximum atomic E-state index is 12.2. The summed E-state index contributed by atoms with van der Waals surface area (Å²) in [5.74, 6) is -0.758. The standard InChI is InChI=1S/C17H21ClN2O3S2/c1-11-13(18)6-5-7-14(11)19-16(22)12(2)23-15(21)10-25-17(24)20-8-3-4-9-20/h5-7,12H,3-4,8-10H2,1-2H3,(H,19,22)/t12-/m1/s1. The summed E-state index contributed by atoms with van der Waals surface area (Å²) in [6, 6.07) is 5.24. The first-order valence-corrected chi connectivity index (χ1v) is 9.83. The van der Waals surface area contributed by atoms with Gasteiger partial charge in [-0.15, -0.1) is 0 Å². The highest BCUT2D eigenvalue weighted by molar-refractivity contribution is 8.23. The summed E-state index contributed by atoms with van der Waals surface area (Å²) < 4.78 is 5.89. The minimum Gasteiger partial charge on any atom is -0.452 e. The van der Waals surface area contributed by atoms with Gasteiger partial charge in [-0.25, -0.2) is 0 Å². The second-order valence-electron chi connectivity index (χ2n) is 5.78. The quantitative estimate of drug-likeness (QED) is 0.601. The summed E-state index contributed by atoms with van der Waals surface area (Å²) in [6.45, 7) is 5.23. The summed E-state index contributed by atoms with van der Waals surface area (Å²) in [6.07, 6.45) is 1.36. The lowest BCUT2D eigenvalue weighted by Gasteiger charge is -2.18. The Morgan fingerprint density at radius 1 is 1.40 bits per heavy atom. The van der Waals surface area contributed by atoms with Crippen molar-refractivity contribution in [2.24, 2.45) is 0 Å². The number of likely N-dealkylation sites (tertiary alicyclic amines) is 1. The molecule has 25 heavy (non-hydrogen) atoms. The van der Waals surface area contributed by atoms with E-state index >= 15 is 0 Å². The molecule has 1 aromatic carbocycles. The molecule has 2 rings (SSSR count). The number of nitrogens with one attached hydrogen (secondary N) is 1. The monoisotopic (exact) mass is 400 g/mol. The maximum Gasteiger partial charge on any atom is 0.317 e. The number of nitrogens with zero attached hydrogens (tertiary/aromatic N) is 1. The van der Waals surface area contributed by atoms with Crippen molar-refractivity contribution in [3.8, 4) is 0 Å². The topological polar surface area (TPSA) is 58.6 Å². The predicted molar refractivity (Wildman–Crippen MR) is 106 cm³/mol. The number of esters is 1. The van der Waals surface area contributed by atoms with Gasteiger partial charge in [0.05, 0.1) is 5.75 Å². The molecule has 0 bridgehead atoms. The molecule has 0 unspecified atom stereocenters. The Labute approximate surface area is 162 Å². The van der Waals surface area contributed by atoms with Crippen LogP contribution in [0.3, 0.4) is 0 Å². The minimum absolute atomic E-state index is 0.100. The molecular weight excluding hydrogens is 380 g/mol. The van der Waals surface area contributed by atoms with Crippen LogP contribution in [-0.4, -0.2) is 46.0 Å². The van der Waals surface area contributed by atoms with E-state index in [-0.39, 0.29) is 5.75 Å². The molecule has 0 aromatic heterocycles. The highest BCUT2D eigenvalue weighted by Crippen LogP contribution is 2.23. The van der Waals surface area contributed by atoms with Crippen LogP contribution in [0.4, 0.5) is 5.69 Å². The van der Waals surface area contributed by atoms with Gasteiger partial charge in [-0.1, -0.05) is 41.6 Å². The molecule has 1 aliphatic heterocycles. The van der Waals surface area contributed by atoms with Gasteiger partial charge in [-0.2, -0.15) is 0 Å². The first kappa shape index (κ1) is 20.0. The molecule has 5 nitrogen and oxygen atoms in total. The highest BCUT2D eigenvalue weighted by Gasteiger charge is 2.21. The fraction of sp³-hybridized carbons (Fsp3) is 0.471.